The zero-order valence-electron chi connectivity index (χ0n) is 25.0. The van der Waals surface area contributed by atoms with Gasteiger partial charge in [-0.15, -0.1) is 0 Å². The number of carbonyl (C=O) groups excluding carboxylic acids is 3. The van der Waals surface area contributed by atoms with Crippen molar-refractivity contribution in [3.05, 3.63) is 71.8 Å². The maximum absolute atomic E-state index is 13.5. The number of hydrogen-bond acceptors (Lipinski definition) is 7. The molecule has 240 valence electrons. The number of unbranched alkanes of at least 4 members (excludes halogenated alkanes) is 1. The average molecular weight is 631 g/mol. The van der Waals surface area contributed by atoms with Gasteiger partial charge in [0.2, 0.25) is 19.2 Å². The molecule has 0 aromatic heterocycles. The largest absolute Gasteiger partial charge is 0.480 e. The molecule has 1 unspecified atom stereocenters. The predicted octanol–water partition coefficient (Wildman–Crippen LogP) is 3.09. The van der Waals surface area contributed by atoms with Gasteiger partial charge in [-0.1, -0.05) is 80.4 Å². The third kappa shape index (κ3) is 11.1. The first-order valence-corrected chi connectivity index (χ1v) is 16.9. The Morgan fingerprint density at radius 1 is 1.02 bits per heavy atom. The number of nitrogens with one attached hydrogen (secondary N) is 3. The highest BCUT2D eigenvalue weighted by Gasteiger charge is 2.36. The van der Waals surface area contributed by atoms with Crippen LogP contribution < -0.4 is 16.0 Å². The molecule has 0 bridgehead atoms. The smallest absolute Gasteiger partial charge is 0.408 e. The molecule has 1 heterocycles. The molecule has 13 heteroatoms. The molecule has 0 saturated carbocycles. The normalized spacial score (nSPS) is 17.2. The minimum absolute atomic E-state index is 0.00829. The van der Waals surface area contributed by atoms with Crippen LogP contribution in [0.4, 0.5) is 4.79 Å². The Labute approximate surface area is 258 Å². The van der Waals surface area contributed by atoms with Crippen LogP contribution in [-0.2, 0) is 36.7 Å². The van der Waals surface area contributed by atoms with Crippen LogP contribution in [0.5, 0.6) is 0 Å². The SMILES string of the molecule is CCCC[C@H](NC(=O)[C@@H]1CCCN1C(=O)CNCCP(=O)(O)[C@@H](Cc1ccccc1)NC(=O)OCc1ccccc1)C(=O)O. The average Bonchev–Trinajstić information content (AvgIpc) is 3.51. The van der Waals surface area contributed by atoms with Crippen LogP contribution in [0.25, 0.3) is 0 Å². The molecule has 0 aliphatic carbocycles. The molecule has 0 radical (unpaired) electrons. The van der Waals surface area contributed by atoms with Gasteiger partial charge in [0.05, 0.1) is 6.54 Å². The van der Waals surface area contributed by atoms with E-state index in [9.17, 15) is 33.7 Å². The summed E-state index contributed by atoms with van der Waals surface area (Å²) in [7, 11) is -3.98. The number of aliphatic carboxylic acids is 1. The lowest BCUT2D eigenvalue weighted by atomic mass is 10.1. The maximum Gasteiger partial charge on any atom is 0.408 e. The predicted molar refractivity (Wildman–Crippen MR) is 165 cm³/mol. The molecule has 1 fully saturated rings. The van der Waals surface area contributed by atoms with Crippen molar-refractivity contribution in [1.82, 2.24) is 20.9 Å². The standard InChI is InChI=1S/C31H43N4O8P/c1-2-3-15-25(30(38)39)33-29(37)26-16-10-18-35(26)28(36)21-32-17-19-44(41,42)27(20-23-11-6-4-7-12-23)34-31(40)43-22-24-13-8-5-9-14-24/h4-9,11-14,25-27,32H,2-3,10,15-22H2,1H3,(H,33,37)(H,34,40)(H,38,39)(H,41,42)/t25-,26-,27-/m0/s1. The first kappa shape index (κ1) is 34.8. The maximum atomic E-state index is 13.5. The number of benzene rings is 2. The molecule has 4 atom stereocenters. The van der Waals surface area contributed by atoms with E-state index in [1.54, 1.807) is 36.4 Å². The van der Waals surface area contributed by atoms with Crippen molar-refractivity contribution in [2.45, 2.75) is 69.9 Å². The topological polar surface area (TPSA) is 174 Å². The molecule has 1 aliphatic heterocycles. The first-order chi connectivity index (χ1) is 21.1. The first-order valence-electron chi connectivity index (χ1n) is 15.0. The quantitative estimate of drug-likeness (QED) is 0.130. The third-order valence-corrected chi connectivity index (χ3v) is 9.63. The number of carbonyl (C=O) groups is 4. The molecule has 3 amide bonds. The molecule has 2 aromatic rings. The van der Waals surface area contributed by atoms with Crippen LogP contribution in [0.3, 0.4) is 0 Å². The number of amides is 3. The van der Waals surface area contributed by atoms with E-state index < -0.39 is 43.2 Å². The van der Waals surface area contributed by atoms with Crippen molar-refractivity contribution in [3.63, 3.8) is 0 Å². The monoisotopic (exact) mass is 630 g/mol. The highest BCUT2D eigenvalue weighted by Crippen LogP contribution is 2.45. The van der Waals surface area contributed by atoms with Gasteiger partial charge in [0.1, 0.15) is 24.5 Å². The second-order valence-corrected chi connectivity index (χ2v) is 13.4. The summed E-state index contributed by atoms with van der Waals surface area (Å²) in [6.45, 7) is 2.14. The Kier molecular flexibility index (Phi) is 13.9. The van der Waals surface area contributed by atoms with Gasteiger partial charge in [0.25, 0.3) is 0 Å². The minimum atomic E-state index is -3.98. The molecule has 2 aromatic carbocycles. The van der Waals surface area contributed by atoms with Gasteiger partial charge in [-0.25, -0.2) is 9.59 Å². The Bertz CT molecular complexity index is 1280. The van der Waals surface area contributed by atoms with Crippen molar-refractivity contribution in [2.24, 2.45) is 0 Å². The van der Waals surface area contributed by atoms with E-state index in [-0.39, 0.29) is 38.2 Å². The van der Waals surface area contributed by atoms with E-state index in [0.29, 0.717) is 32.2 Å². The van der Waals surface area contributed by atoms with Gasteiger partial charge >= 0.3 is 12.1 Å². The van der Waals surface area contributed by atoms with Gasteiger partial charge in [-0.05, 0) is 30.4 Å². The van der Waals surface area contributed by atoms with Gasteiger partial charge in [-0.3, -0.25) is 14.2 Å². The van der Waals surface area contributed by atoms with E-state index in [4.69, 9.17) is 4.74 Å². The van der Waals surface area contributed by atoms with Crippen LogP contribution >= 0.6 is 7.37 Å². The highest BCUT2D eigenvalue weighted by atomic mass is 31.2. The minimum Gasteiger partial charge on any atom is -0.480 e. The zero-order valence-corrected chi connectivity index (χ0v) is 25.9. The van der Waals surface area contributed by atoms with Crippen LogP contribution in [0, 0.1) is 0 Å². The number of carboxylic acids is 1. The van der Waals surface area contributed by atoms with Gasteiger partial charge < -0.3 is 35.6 Å². The third-order valence-electron chi connectivity index (χ3n) is 7.48. The van der Waals surface area contributed by atoms with Gasteiger partial charge in [-0.2, -0.15) is 0 Å². The number of alkyl carbamates (subject to hydrolysis) is 1. The number of hydrogen-bond donors (Lipinski definition) is 5. The lowest BCUT2D eigenvalue weighted by Crippen LogP contribution is -2.52. The second kappa shape index (κ2) is 17.5. The summed E-state index contributed by atoms with van der Waals surface area (Å²) < 4.78 is 18.7. The van der Waals surface area contributed by atoms with Crippen LogP contribution in [0.1, 0.15) is 50.2 Å². The van der Waals surface area contributed by atoms with E-state index in [1.807, 2.05) is 31.2 Å². The van der Waals surface area contributed by atoms with E-state index in [2.05, 4.69) is 16.0 Å². The van der Waals surface area contributed by atoms with Crippen LogP contribution in [0.2, 0.25) is 0 Å². The van der Waals surface area contributed by atoms with Crippen molar-refractivity contribution in [1.29, 1.82) is 0 Å². The Morgan fingerprint density at radius 3 is 2.32 bits per heavy atom. The van der Waals surface area contributed by atoms with Crippen molar-refractivity contribution in [2.75, 3.05) is 25.8 Å². The Hall–Kier alpha value is -3.73. The summed E-state index contributed by atoms with van der Waals surface area (Å²) >= 11 is 0. The number of carboxylic acid groups (broad SMARTS) is 1. The Morgan fingerprint density at radius 2 is 1.68 bits per heavy atom. The zero-order chi connectivity index (χ0) is 32.0. The molecule has 5 N–H and O–H groups in total. The van der Waals surface area contributed by atoms with E-state index in [1.165, 1.54) is 4.90 Å². The van der Waals surface area contributed by atoms with Crippen molar-refractivity contribution in [3.8, 4) is 0 Å². The Balaban J connectivity index is 1.53. The van der Waals surface area contributed by atoms with Crippen molar-refractivity contribution >= 4 is 31.2 Å². The van der Waals surface area contributed by atoms with E-state index in [0.717, 1.165) is 17.5 Å². The fraction of sp³-hybridized carbons (Fsp3) is 0.484. The number of nitrogens with zero attached hydrogens (tertiary/aromatic N) is 1. The van der Waals surface area contributed by atoms with Crippen molar-refractivity contribution < 1.29 is 38.5 Å². The summed E-state index contributed by atoms with van der Waals surface area (Å²) in [6.07, 6.45) is 1.86. The fourth-order valence-corrected chi connectivity index (χ4v) is 6.59. The highest BCUT2D eigenvalue weighted by molar-refractivity contribution is 7.58. The summed E-state index contributed by atoms with van der Waals surface area (Å²) in [6, 6.07) is 16.3. The van der Waals surface area contributed by atoms with Gasteiger partial charge in [0.15, 0.2) is 0 Å². The lowest BCUT2D eigenvalue weighted by Gasteiger charge is -2.26. The molecular weight excluding hydrogens is 587 g/mol. The summed E-state index contributed by atoms with van der Waals surface area (Å²) in [4.78, 5) is 62.3. The summed E-state index contributed by atoms with van der Waals surface area (Å²) in [5, 5.41) is 17.5. The van der Waals surface area contributed by atoms with Gasteiger partial charge in [0, 0.05) is 25.7 Å². The van der Waals surface area contributed by atoms with Crippen LogP contribution in [-0.4, -0.2) is 82.4 Å². The molecule has 3 rings (SSSR count). The molecular formula is C31H43N4O8P. The summed E-state index contributed by atoms with van der Waals surface area (Å²) in [5.41, 5.74) is 1.54. The second-order valence-electron chi connectivity index (χ2n) is 10.9. The number of rotatable bonds is 17. The molecule has 12 nitrogen and oxygen atoms in total. The van der Waals surface area contributed by atoms with Crippen LogP contribution in [0.15, 0.2) is 60.7 Å². The number of likely N-dealkylation sites (tertiary alicyclic amines) is 1. The molecule has 1 aliphatic rings. The number of ether oxygens (including phenoxy) is 1. The molecule has 44 heavy (non-hydrogen) atoms. The van der Waals surface area contributed by atoms with E-state index >= 15 is 0 Å². The molecule has 1 saturated heterocycles. The fourth-order valence-electron chi connectivity index (χ4n) is 5.00. The molecule has 0 spiro atoms. The lowest BCUT2D eigenvalue weighted by molar-refractivity contribution is -0.143. The summed E-state index contributed by atoms with van der Waals surface area (Å²) in [5.74, 6) is -3.08.